The third-order valence-electron chi connectivity index (χ3n) is 11.9. The Labute approximate surface area is 316 Å². The summed E-state index contributed by atoms with van der Waals surface area (Å²) in [6.45, 7) is 2.78. The highest BCUT2D eigenvalue weighted by Gasteiger charge is 2.46. The van der Waals surface area contributed by atoms with Gasteiger partial charge in [0.15, 0.2) is 5.78 Å². The Morgan fingerprint density at radius 1 is 0.927 bits per heavy atom. The minimum atomic E-state index is -0.956. The molecule has 1 saturated heterocycles. The number of hydrogen-bond donors (Lipinski definition) is 2. The average molecular weight is 744 g/mol. The van der Waals surface area contributed by atoms with Gasteiger partial charge in [-0.25, -0.2) is 9.97 Å². The zero-order valence-corrected chi connectivity index (χ0v) is 30.4. The van der Waals surface area contributed by atoms with Gasteiger partial charge in [0.1, 0.15) is 22.9 Å². The van der Waals surface area contributed by atoms with E-state index in [4.69, 9.17) is 9.97 Å². The quantitative estimate of drug-likeness (QED) is 0.210. The third kappa shape index (κ3) is 6.11. The van der Waals surface area contributed by atoms with E-state index in [0.717, 1.165) is 53.0 Å². The van der Waals surface area contributed by atoms with Gasteiger partial charge in [0.2, 0.25) is 5.91 Å². The summed E-state index contributed by atoms with van der Waals surface area (Å²) >= 11 is 0. The molecule has 55 heavy (non-hydrogen) atoms. The molecule has 15 nitrogen and oxygen atoms in total. The molecule has 2 aliphatic carbocycles. The lowest BCUT2D eigenvalue weighted by Gasteiger charge is -2.42. The molecule has 3 aliphatic heterocycles. The molecule has 15 heteroatoms. The van der Waals surface area contributed by atoms with Gasteiger partial charge in [-0.1, -0.05) is 25.3 Å². The molecule has 4 amide bonds. The van der Waals surface area contributed by atoms with Crippen LogP contribution in [0.3, 0.4) is 0 Å². The summed E-state index contributed by atoms with van der Waals surface area (Å²) in [6.07, 6.45) is 9.60. The van der Waals surface area contributed by atoms with E-state index in [1.54, 1.807) is 17.0 Å². The summed E-state index contributed by atoms with van der Waals surface area (Å²) < 4.78 is 2.18. The second-order valence-corrected chi connectivity index (χ2v) is 15.2. The van der Waals surface area contributed by atoms with Crippen LogP contribution in [0.2, 0.25) is 0 Å². The highest BCUT2D eigenvalue weighted by molar-refractivity contribution is 6.25. The number of imide groups is 1. The summed E-state index contributed by atoms with van der Waals surface area (Å²) in [4.78, 5) is 96.3. The third-order valence-corrected chi connectivity index (χ3v) is 11.9. The van der Waals surface area contributed by atoms with Gasteiger partial charge in [-0.3, -0.25) is 38.7 Å². The van der Waals surface area contributed by atoms with Gasteiger partial charge in [0, 0.05) is 62.1 Å². The van der Waals surface area contributed by atoms with Crippen molar-refractivity contribution in [2.75, 3.05) is 49.5 Å². The van der Waals surface area contributed by atoms with Crippen molar-refractivity contribution in [1.82, 2.24) is 34.6 Å². The number of ketones is 2. The smallest absolute Gasteiger partial charge is 0.268 e. The molecular weight excluding hydrogens is 702 g/mol. The number of amides is 4. The van der Waals surface area contributed by atoms with Crippen molar-refractivity contribution in [1.29, 1.82) is 0 Å². The minimum absolute atomic E-state index is 0.0651. The number of carbonyl (C=O) groups is 6. The summed E-state index contributed by atoms with van der Waals surface area (Å²) in [5.41, 5.74) is 3.78. The molecule has 1 spiro atoms. The lowest BCUT2D eigenvalue weighted by molar-refractivity contribution is -0.133. The summed E-state index contributed by atoms with van der Waals surface area (Å²) in [6, 6.07) is 9.77. The first-order valence-corrected chi connectivity index (χ1v) is 19.1. The predicted molar refractivity (Wildman–Crippen MR) is 200 cm³/mol. The van der Waals surface area contributed by atoms with Crippen molar-refractivity contribution in [3.8, 4) is 0 Å². The van der Waals surface area contributed by atoms with Crippen LogP contribution < -0.4 is 15.5 Å². The lowest BCUT2D eigenvalue weighted by Crippen LogP contribution is -2.52. The molecule has 1 unspecified atom stereocenters. The molecule has 1 aromatic carbocycles. The SMILES string of the molecule is O=C1CCC(N2C(=O)c3cccc(NCC(=O)N4CCN(c5ccc(Cc6ncc7cc8n(c7n6)C6(CCCCC6)CNC8=O)nc5)CC4)c3C2=O)C(=O)C1. The number of Topliss-reactive ketones (excluding diaryl/α,β-unsaturated/α-hetero) is 2. The highest BCUT2D eigenvalue weighted by atomic mass is 16.2. The Morgan fingerprint density at radius 3 is 2.51 bits per heavy atom. The van der Waals surface area contributed by atoms with Gasteiger partial charge in [-0.2, -0.15) is 0 Å². The first kappa shape index (κ1) is 34.8. The zero-order chi connectivity index (χ0) is 37.8. The molecule has 0 radical (unpaired) electrons. The van der Waals surface area contributed by atoms with Crippen molar-refractivity contribution >= 4 is 57.6 Å². The topological polar surface area (TPSA) is 180 Å². The summed E-state index contributed by atoms with van der Waals surface area (Å²) in [5.74, 6) is -1.32. The molecular formula is C40H41N9O6. The van der Waals surface area contributed by atoms with Crippen molar-refractivity contribution in [2.24, 2.45) is 0 Å². The number of anilines is 2. The molecule has 282 valence electrons. The van der Waals surface area contributed by atoms with Crippen LogP contribution in [0.1, 0.15) is 94.1 Å². The normalized spacial score (nSPS) is 20.9. The van der Waals surface area contributed by atoms with Crippen LogP contribution in [0.25, 0.3) is 11.0 Å². The largest absolute Gasteiger partial charge is 0.375 e. The Balaban J connectivity index is 0.810. The molecule has 6 heterocycles. The monoisotopic (exact) mass is 743 g/mol. The van der Waals surface area contributed by atoms with Crippen LogP contribution in [-0.4, -0.2) is 110 Å². The first-order valence-electron chi connectivity index (χ1n) is 19.1. The number of pyridine rings is 1. The fraction of sp³-hybridized carbons (Fsp3) is 0.425. The van der Waals surface area contributed by atoms with E-state index in [1.807, 2.05) is 30.6 Å². The Morgan fingerprint density at radius 2 is 1.75 bits per heavy atom. The lowest BCUT2D eigenvalue weighted by atomic mass is 9.80. The fourth-order valence-electron chi connectivity index (χ4n) is 9.01. The number of piperazine rings is 1. The molecule has 2 N–H and O–H groups in total. The van der Waals surface area contributed by atoms with Crippen LogP contribution in [0.4, 0.5) is 11.4 Å². The van der Waals surface area contributed by atoms with Crippen LogP contribution in [-0.2, 0) is 26.3 Å². The Bertz CT molecular complexity index is 2270. The molecule has 5 aliphatic rings. The van der Waals surface area contributed by atoms with Gasteiger partial charge in [0.05, 0.1) is 54.0 Å². The first-order chi connectivity index (χ1) is 26.7. The molecule has 1 atom stereocenters. The van der Waals surface area contributed by atoms with Crippen LogP contribution >= 0.6 is 0 Å². The second kappa shape index (κ2) is 13.7. The van der Waals surface area contributed by atoms with Gasteiger partial charge < -0.3 is 25.0 Å². The van der Waals surface area contributed by atoms with Gasteiger partial charge in [0.25, 0.3) is 17.7 Å². The van der Waals surface area contributed by atoms with E-state index in [2.05, 4.69) is 25.1 Å². The van der Waals surface area contributed by atoms with E-state index >= 15 is 0 Å². The number of aromatic nitrogens is 4. The van der Waals surface area contributed by atoms with Crippen LogP contribution in [0.15, 0.2) is 48.8 Å². The summed E-state index contributed by atoms with van der Waals surface area (Å²) in [5, 5.41) is 7.04. The summed E-state index contributed by atoms with van der Waals surface area (Å²) in [7, 11) is 0. The number of benzene rings is 1. The Hall–Kier alpha value is -5.99. The standard InChI is InChI=1S/C40H41N9O6/c50-27-9-10-30(32(51)19-27)48-38(54)28-5-4-6-29(35(28)39(48)55)42-22-34(52)47-15-13-46(14-16-47)26-8-7-25(41-21-26)18-33-43-20-24-17-31-37(53)44-23-40(11-2-1-3-12-40)49(31)36(24)45-33/h4-8,17,20-21,30,42H,1-3,9-16,18-19,22-23H2,(H,44,53). The van der Waals surface area contributed by atoms with E-state index in [9.17, 15) is 28.8 Å². The van der Waals surface area contributed by atoms with Gasteiger partial charge in [-0.15, -0.1) is 0 Å². The van der Waals surface area contributed by atoms with Gasteiger partial charge >= 0.3 is 0 Å². The van der Waals surface area contributed by atoms with E-state index in [0.29, 0.717) is 56.4 Å². The number of hydrogen-bond acceptors (Lipinski definition) is 11. The molecule has 9 rings (SSSR count). The fourth-order valence-corrected chi connectivity index (χ4v) is 9.01. The molecule has 4 aromatic rings. The predicted octanol–water partition coefficient (Wildman–Crippen LogP) is 2.87. The van der Waals surface area contributed by atoms with Crippen LogP contribution in [0, 0.1) is 0 Å². The van der Waals surface area contributed by atoms with Crippen molar-refractivity contribution in [2.45, 2.75) is 69.4 Å². The van der Waals surface area contributed by atoms with Gasteiger partial charge in [-0.05, 0) is 49.6 Å². The highest BCUT2D eigenvalue weighted by Crippen LogP contribution is 2.40. The maximum Gasteiger partial charge on any atom is 0.268 e. The number of fused-ring (bicyclic) bond motifs is 5. The van der Waals surface area contributed by atoms with Crippen molar-refractivity contribution in [3.63, 3.8) is 0 Å². The molecule has 3 fully saturated rings. The van der Waals surface area contributed by atoms with E-state index in [1.165, 1.54) is 12.5 Å². The number of nitrogens with zero attached hydrogens (tertiary/aromatic N) is 7. The van der Waals surface area contributed by atoms with E-state index < -0.39 is 23.6 Å². The Kier molecular flexibility index (Phi) is 8.66. The maximum absolute atomic E-state index is 13.4. The number of carbonyl (C=O) groups excluding carboxylic acids is 6. The number of nitrogens with one attached hydrogen (secondary N) is 2. The zero-order valence-electron chi connectivity index (χ0n) is 30.4. The average Bonchev–Trinajstić information content (AvgIpc) is 3.72. The van der Waals surface area contributed by atoms with E-state index in [-0.39, 0.29) is 60.1 Å². The maximum atomic E-state index is 13.4. The number of rotatable bonds is 7. The molecule has 0 bridgehead atoms. The van der Waals surface area contributed by atoms with Crippen molar-refractivity contribution < 1.29 is 28.8 Å². The van der Waals surface area contributed by atoms with Crippen molar-refractivity contribution in [3.05, 3.63) is 77.1 Å². The second-order valence-electron chi connectivity index (χ2n) is 15.2. The molecule has 2 saturated carbocycles. The minimum Gasteiger partial charge on any atom is -0.375 e. The van der Waals surface area contributed by atoms with Crippen LogP contribution in [0.5, 0.6) is 0 Å². The molecule has 3 aromatic heterocycles.